The van der Waals surface area contributed by atoms with Gasteiger partial charge in [-0.15, -0.1) is 0 Å². The number of benzene rings is 2. The molecule has 0 aliphatic carbocycles. The van der Waals surface area contributed by atoms with Crippen molar-refractivity contribution >= 4 is 54.0 Å². The first-order chi connectivity index (χ1) is 16.1. The largest absolute Gasteiger partial charge is 0.327 e. The number of thiazole rings is 1. The monoisotopic (exact) mass is 501 g/mol. The maximum absolute atomic E-state index is 12.8. The number of amides is 2. The summed E-state index contributed by atoms with van der Waals surface area (Å²) in [6, 6.07) is 10.7. The van der Waals surface area contributed by atoms with Gasteiger partial charge in [0.25, 0.3) is 5.91 Å². The zero-order chi connectivity index (χ0) is 24.5. The molecule has 0 spiro atoms. The first-order valence-corrected chi connectivity index (χ1v) is 13.9. The summed E-state index contributed by atoms with van der Waals surface area (Å²) in [6.45, 7) is 5.87. The molecule has 8 nitrogen and oxygen atoms in total. The highest BCUT2D eigenvalue weighted by molar-refractivity contribution is 7.90. The number of rotatable bonds is 6. The van der Waals surface area contributed by atoms with Gasteiger partial charge in [-0.05, 0) is 43.7 Å². The highest BCUT2D eigenvalue weighted by atomic mass is 32.2. The zero-order valence-corrected chi connectivity index (χ0v) is 21.1. The van der Waals surface area contributed by atoms with E-state index in [1.807, 2.05) is 32.0 Å². The molecule has 0 atom stereocenters. The minimum atomic E-state index is -3.30. The summed E-state index contributed by atoms with van der Waals surface area (Å²) >= 11 is 1.27. The number of aryl methyl sites for hydroxylation is 2. The molecule has 1 saturated heterocycles. The molecule has 2 amide bonds. The smallest absolute Gasteiger partial charge is 0.279 e. The predicted molar refractivity (Wildman–Crippen MR) is 134 cm³/mol. The Bertz CT molecular complexity index is 1340. The van der Waals surface area contributed by atoms with Gasteiger partial charge in [0, 0.05) is 30.7 Å². The molecule has 1 aromatic heterocycles. The van der Waals surface area contributed by atoms with E-state index in [1.165, 1.54) is 28.6 Å². The molecule has 2 aromatic carbocycles. The molecule has 0 radical (unpaired) electrons. The molecular weight excluding hydrogens is 472 g/mol. The first-order valence-electron chi connectivity index (χ1n) is 11.2. The van der Waals surface area contributed by atoms with Crippen LogP contribution in [-0.4, -0.2) is 51.1 Å². The number of sulfone groups is 1. The molecule has 1 fully saturated rings. The molecule has 180 valence electrons. The van der Waals surface area contributed by atoms with E-state index in [1.54, 1.807) is 12.1 Å². The topological polar surface area (TPSA) is 110 Å². The van der Waals surface area contributed by atoms with Crippen molar-refractivity contribution in [1.29, 1.82) is 0 Å². The van der Waals surface area contributed by atoms with Crippen LogP contribution >= 0.6 is 11.3 Å². The van der Waals surface area contributed by atoms with E-state index >= 15 is 0 Å². The lowest BCUT2D eigenvalue weighted by Crippen LogP contribution is -3.14. The van der Waals surface area contributed by atoms with Gasteiger partial charge in [-0.2, -0.15) is 0 Å². The molecule has 2 heterocycles. The summed E-state index contributed by atoms with van der Waals surface area (Å²) in [5.41, 5.74) is 3.69. The van der Waals surface area contributed by atoms with Crippen LogP contribution in [0.15, 0.2) is 41.3 Å². The van der Waals surface area contributed by atoms with Crippen LogP contribution in [0.3, 0.4) is 0 Å². The fraction of sp³-hybridized carbons (Fsp3) is 0.375. The van der Waals surface area contributed by atoms with E-state index in [-0.39, 0.29) is 22.6 Å². The lowest BCUT2D eigenvalue weighted by Gasteiger charge is -2.28. The van der Waals surface area contributed by atoms with Crippen molar-refractivity contribution in [2.75, 3.05) is 36.5 Å². The van der Waals surface area contributed by atoms with Crippen LogP contribution in [0.1, 0.15) is 24.0 Å². The number of nitrogens with zero attached hydrogens (tertiary/aromatic N) is 1. The summed E-state index contributed by atoms with van der Waals surface area (Å²) < 4.78 is 24.2. The SMILES string of the molecule is Cc1ccc(NC(=O)C[NH+]2CCC(C(=O)Nc3nc4ccc(S(C)(=O)=O)cc4s3)CC2)c(C)c1. The van der Waals surface area contributed by atoms with Crippen molar-refractivity contribution in [3.05, 3.63) is 47.5 Å². The highest BCUT2D eigenvalue weighted by Gasteiger charge is 2.29. The second kappa shape index (κ2) is 9.81. The summed E-state index contributed by atoms with van der Waals surface area (Å²) in [4.78, 5) is 31.1. The first kappa shape index (κ1) is 24.3. The maximum Gasteiger partial charge on any atom is 0.279 e. The third kappa shape index (κ3) is 5.81. The van der Waals surface area contributed by atoms with Gasteiger partial charge in [0.05, 0.1) is 28.2 Å². The summed E-state index contributed by atoms with van der Waals surface area (Å²) in [6.07, 6.45) is 2.56. The van der Waals surface area contributed by atoms with Crippen LogP contribution < -0.4 is 15.5 Å². The summed E-state index contributed by atoms with van der Waals surface area (Å²) in [5, 5.41) is 6.35. The van der Waals surface area contributed by atoms with Gasteiger partial charge in [-0.1, -0.05) is 29.0 Å². The fourth-order valence-corrected chi connectivity index (χ4v) is 5.87. The van der Waals surface area contributed by atoms with E-state index < -0.39 is 9.84 Å². The van der Waals surface area contributed by atoms with Crippen LogP contribution in [0.2, 0.25) is 0 Å². The number of aromatic nitrogens is 1. The Morgan fingerprint density at radius 1 is 1.09 bits per heavy atom. The lowest BCUT2D eigenvalue weighted by atomic mass is 9.96. The fourth-order valence-electron chi connectivity index (χ4n) is 4.24. The Morgan fingerprint density at radius 2 is 1.82 bits per heavy atom. The van der Waals surface area contributed by atoms with Gasteiger partial charge in [0.2, 0.25) is 5.91 Å². The maximum atomic E-state index is 12.8. The lowest BCUT2D eigenvalue weighted by molar-refractivity contribution is -0.897. The number of quaternary nitrogens is 1. The van der Waals surface area contributed by atoms with Crippen molar-refractivity contribution in [3.63, 3.8) is 0 Å². The number of carbonyl (C=O) groups is 2. The number of likely N-dealkylation sites (tertiary alicyclic amines) is 1. The molecule has 10 heteroatoms. The quantitative estimate of drug-likeness (QED) is 0.480. The molecular formula is C24H29N4O4S2+. The van der Waals surface area contributed by atoms with E-state index in [2.05, 4.69) is 15.6 Å². The number of carbonyl (C=O) groups excluding carboxylic acids is 2. The Labute approximate surface area is 203 Å². The number of fused-ring (bicyclic) bond motifs is 1. The number of piperidine rings is 1. The highest BCUT2D eigenvalue weighted by Crippen LogP contribution is 2.29. The van der Waals surface area contributed by atoms with Crippen molar-refractivity contribution in [1.82, 2.24) is 4.98 Å². The Kier molecular flexibility index (Phi) is 7.01. The third-order valence-corrected chi connectivity index (χ3v) is 8.19. The molecule has 1 aliphatic rings. The number of nitrogens with one attached hydrogen (secondary N) is 3. The van der Waals surface area contributed by atoms with Crippen molar-refractivity contribution in [2.45, 2.75) is 31.6 Å². The third-order valence-electron chi connectivity index (χ3n) is 6.15. The van der Waals surface area contributed by atoms with E-state index in [0.717, 1.165) is 29.9 Å². The van der Waals surface area contributed by atoms with Gasteiger partial charge in [-0.3, -0.25) is 9.59 Å². The normalized spacial score (nSPS) is 18.6. The molecule has 4 rings (SSSR count). The molecule has 3 aromatic rings. The van der Waals surface area contributed by atoms with Gasteiger partial charge < -0.3 is 15.5 Å². The molecule has 3 N–H and O–H groups in total. The molecule has 0 bridgehead atoms. The minimum absolute atomic E-state index is 0.0206. The van der Waals surface area contributed by atoms with E-state index in [9.17, 15) is 18.0 Å². The van der Waals surface area contributed by atoms with Crippen LogP contribution in [0.25, 0.3) is 10.2 Å². The molecule has 0 unspecified atom stereocenters. The Morgan fingerprint density at radius 3 is 2.50 bits per heavy atom. The molecule has 34 heavy (non-hydrogen) atoms. The Hall–Kier alpha value is -2.82. The van der Waals surface area contributed by atoms with Gasteiger partial charge >= 0.3 is 0 Å². The summed E-state index contributed by atoms with van der Waals surface area (Å²) in [5.74, 6) is -0.237. The summed E-state index contributed by atoms with van der Waals surface area (Å²) in [7, 11) is -3.30. The predicted octanol–water partition coefficient (Wildman–Crippen LogP) is 2.19. The number of hydrogen-bond acceptors (Lipinski definition) is 6. The second-order valence-electron chi connectivity index (χ2n) is 8.98. The van der Waals surface area contributed by atoms with Crippen LogP contribution in [0, 0.1) is 19.8 Å². The molecule has 1 aliphatic heterocycles. The number of hydrogen-bond donors (Lipinski definition) is 3. The number of anilines is 2. The minimum Gasteiger partial charge on any atom is -0.327 e. The van der Waals surface area contributed by atoms with Crippen LogP contribution in [-0.2, 0) is 19.4 Å². The Balaban J connectivity index is 1.29. The average Bonchev–Trinajstić information content (AvgIpc) is 3.17. The van der Waals surface area contributed by atoms with Crippen molar-refractivity contribution < 1.29 is 22.9 Å². The van der Waals surface area contributed by atoms with Gasteiger partial charge in [0.1, 0.15) is 0 Å². The van der Waals surface area contributed by atoms with Crippen molar-refractivity contribution in [2.24, 2.45) is 5.92 Å². The van der Waals surface area contributed by atoms with Crippen LogP contribution in [0.4, 0.5) is 10.8 Å². The van der Waals surface area contributed by atoms with Gasteiger partial charge in [-0.25, -0.2) is 13.4 Å². The average molecular weight is 502 g/mol. The van der Waals surface area contributed by atoms with Gasteiger partial charge in [0.15, 0.2) is 21.5 Å². The van der Waals surface area contributed by atoms with E-state index in [0.29, 0.717) is 34.7 Å². The second-order valence-corrected chi connectivity index (χ2v) is 12.0. The van der Waals surface area contributed by atoms with E-state index in [4.69, 9.17) is 0 Å². The molecule has 0 saturated carbocycles. The zero-order valence-electron chi connectivity index (χ0n) is 19.5. The van der Waals surface area contributed by atoms with Crippen molar-refractivity contribution in [3.8, 4) is 0 Å². The standard InChI is InChI=1S/C24H28N4O4S2/c1-15-4-6-19(16(2)12-15)25-22(29)14-28-10-8-17(9-11-28)23(30)27-24-26-20-7-5-18(34(3,31)32)13-21(20)33-24/h4-7,12-13,17H,8-11,14H2,1-3H3,(H,25,29)(H,26,27,30)/p+1. The van der Waals surface area contributed by atoms with Crippen LogP contribution in [0.5, 0.6) is 0 Å².